The van der Waals surface area contributed by atoms with Crippen molar-refractivity contribution in [1.82, 2.24) is 10.2 Å². The molecule has 2 heterocycles. The van der Waals surface area contributed by atoms with Crippen LogP contribution < -0.4 is 5.32 Å². The van der Waals surface area contributed by atoms with Gasteiger partial charge < -0.3 is 10.2 Å². The summed E-state index contributed by atoms with van der Waals surface area (Å²) in [4.78, 5) is 14.4. The fourth-order valence-corrected chi connectivity index (χ4v) is 3.71. The number of benzene rings is 1. The first-order valence-electron chi connectivity index (χ1n) is 7.95. The van der Waals surface area contributed by atoms with E-state index >= 15 is 0 Å². The Labute approximate surface area is 131 Å². The molecule has 0 aliphatic carbocycles. The fourth-order valence-electron chi connectivity index (χ4n) is 3.59. The average Bonchev–Trinajstić information content (AvgIpc) is 3.04. The van der Waals surface area contributed by atoms with Crippen LogP contribution in [0.3, 0.4) is 0 Å². The van der Waals surface area contributed by atoms with E-state index in [0.29, 0.717) is 6.42 Å². The number of nitrogens with one attached hydrogen (secondary N) is 1. The van der Waals surface area contributed by atoms with Crippen LogP contribution in [0.5, 0.6) is 0 Å². The Hall–Kier alpha value is -1.06. The molecule has 3 rings (SSSR count). The van der Waals surface area contributed by atoms with Gasteiger partial charge in [0.25, 0.3) is 0 Å². The lowest BCUT2D eigenvalue weighted by molar-refractivity contribution is -0.132. The van der Waals surface area contributed by atoms with Crippen molar-refractivity contribution in [3.63, 3.8) is 0 Å². The highest BCUT2D eigenvalue weighted by Crippen LogP contribution is 2.29. The Balaban J connectivity index is 1.49. The van der Waals surface area contributed by atoms with Gasteiger partial charge in [-0.15, -0.1) is 0 Å². The summed E-state index contributed by atoms with van der Waals surface area (Å²) in [7, 11) is 0. The molecule has 1 amide bonds. The van der Waals surface area contributed by atoms with Crippen molar-refractivity contribution < 1.29 is 4.79 Å². The monoisotopic (exact) mass is 306 g/mol. The standard InChI is InChI=1S/C17H23ClN2O/c18-16-3-1-13(2-4-16)11-17(21)20-9-6-14(7-10-20)15-5-8-19-12-15/h1-4,14-15,19H,5-12H2. The Morgan fingerprint density at radius 3 is 2.48 bits per heavy atom. The number of nitrogens with zero attached hydrogens (tertiary/aromatic N) is 1. The van der Waals surface area contributed by atoms with Gasteiger partial charge in [-0.1, -0.05) is 23.7 Å². The van der Waals surface area contributed by atoms with Gasteiger partial charge in [-0.2, -0.15) is 0 Å². The second-order valence-electron chi connectivity index (χ2n) is 6.27. The molecule has 3 nitrogen and oxygen atoms in total. The van der Waals surface area contributed by atoms with Gasteiger partial charge in [0.2, 0.25) is 5.91 Å². The van der Waals surface area contributed by atoms with Gasteiger partial charge in [0.15, 0.2) is 0 Å². The van der Waals surface area contributed by atoms with Crippen molar-refractivity contribution >= 4 is 17.5 Å². The first-order chi connectivity index (χ1) is 10.2. The molecule has 2 saturated heterocycles. The van der Waals surface area contributed by atoms with Crippen molar-refractivity contribution in [3.05, 3.63) is 34.9 Å². The smallest absolute Gasteiger partial charge is 0.226 e. The second kappa shape index (κ2) is 6.80. The molecule has 0 aromatic heterocycles. The Morgan fingerprint density at radius 2 is 1.86 bits per heavy atom. The lowest BCUT2D eigenvalue weighted by Crippen LogP contribution is -2.41. The fraction of sp³-hybridized carbons (Fsp3) is 0.588. The summed E-state index contributed by atoms with van der Waals surface area (Å²) in [5.41, 5.74) is 1.05. The van der Waals surface area contributed by atoms with Gasteiger partial charge in [-0.3, -0.25) is 4.79 Å². The molecule has 0 saturated carbocycles. The van der Waals surface area contributed by atoms with Crippen LogP contribution >= 0.6 is 11.6 Å². The van der Waals surface area contributed by atoms with Crippen LogP contribution in [0.2, 0.25) is 5.02 Å². The maximum absolute atomic E-state index is 12.4. The van der Waals surface area contributed by atoms with E-state index in [1.54, 1.807) is 0 Å². The molecule has 1 aromatic rings. The predicted octanol–water partition coefficient (Wildman–Crippen LogP) is 2.73. The molecule has 21 heavy (non-hydrogen) atoms. The maximum atomic E-state index is 12.4. The molecule has 1 N–H and O–H groups in total. The number of piperidine rings is 1. The zero-order valence-electron chi connectivity index (χ0n) is 12.4. The molecule has 0 bridgehead atoms. The van der Waals surface area contributed by atoms with Crippen LogP contribution in [0.25, 0.3) is 0 Å². The molecule has 2 aliphatic rings. The molecule has 0 radical (unpaired) electrons. The van der Waals surface area contributed by atoms with Crippen LogP contribution in [0, 0.1) is 11.8 Å². The highest BCUT2D eigenvalue weighted by molar-refractivity contribution is 6.30. The predicted molar refractivity (Wildman–Crippen MR) is 85.4 cm³/mol. The number of halogens is 1. The highest BCUT2D eigenvalue weighted by Gasteiger charge is 2.29. The third-order valence-corrected chi connectivity index (χ3v) is 5.18. The molecule has 2 aliphatic heterocycles. The van der Waals surface area contributed by atoms with Crippen LogP contribution in [0.1, 0.15) is 24.8 Å². The van der Waals surface area contributed by atoms with E-state index in [4.69, 9.17) is 11.6 Å². The molecule has 0 spiro atoms. The first kappa shape index (κ1) is 14.9. The Morgan fingerprint density at radius 1 is 1.14 bits per heavy atom. The van der Waals surface area contributed by atoms with Crippen molar-refractivity contribution in [3.8, 4) is 0 Å². The van der Waals surface area contributed by atoms with Gasteiger partial charge >= 0.3 is 0 Å². The normalized spacial score (nSPS) is 23.5. The maximum Gasteiger partial charge on any atom is 0.226 e. The summed E-state index contributed by atoms with van der Waals surface area (Å²) in [6.07, 6.45) is 4.13. The van der Waals surface area contributed by atoms with E-state index in [2.05, 4.69) is 5.32 Å². The molecular weight excluding hydrogens is 284 g/mol. The van der Waals surface area contributed by atoms with Crippen molar-refractivity contribution in [2.45, 2.75) is 25.7 Å². The van der Waals surface area contributed by atoms with Crippen molar-refractivity contribution in [2.75, 3.05) is 26.2 Å². The number of rotatable bonds is 3. The third kappa shape index (κ3) is 3.78. The van der Waals surface area contributed by atoms with Gasteiger partial charge in [0.05, 0.1) is 6.42 Å². The van der Waals surface area contributed by atoms with E-state index in [1.807, 2.05) is 29.2 Å². The lowest BCUT2D eigenvalue weighted by Gasteiger charge is -2.34. The molecule has 114 valence electrons. The van der Waals surface area contributed by atoms with Crippen LogP contribution in [0.15, 0.2) is 24.3 Å². The van der Waals surface area contributed by atoms with Gasteiger partial charge in [-0.25, -0.2) is 0 Å². The quantitative estimate of drug-likeness (QED) is 0.931. The third-order valence-electron chi connectivity index (χ3n) is 4.93. The molecule has 1 unspecified atom stereocenters. The zero-order chi connectivity index (χ0) is 14.7. The van der Waals surface area contributed by atoms with Gasteiger partial charge in [0, 0.05) is 18.1 Å². The number of amides is 1. The van der Waals surface area contributed by atoms with Crippen molar-refractivity contribution in [1.29, 1.82) is 0 Å². The summed E-state index contributed by atoms with van der Waals surface area (Å²) < 4.78 is 0. The number of likely N-dealkylation sites (tertiary alicyclic amines) is 1. The SMILES string of the molecule is O=C(Cc1ccc(Cl)cc1)N1CCC(C2CCNC2)CC1. The van der Waals surface area contributed by atoms with E-state index < -0.39 is 0 Å². The minimum absolute atomic E-state index is 0.250. The minimum Gasteiger partial charge on any atom is -0.342 e. The van der Waals surface area contributed by atoms with E-state index in [9.17, 15) is 4.79 Å². The summed E-state index contributed by atoms with van der Waals surface area (Å²) in [5, 5.41) is 4.17. The first-order valence-corrected chi connectivity index (χ1v) is 8.33. The topological polar surface area (TPSA) is 32.3 Å². The Kier molecular flexibility index (Phi) is 4.81. The zero-order valence-corrected chi connectivity index (χ0v) is 13.1. The van der Waals surface area contributed by atoms with E-state index in [0.717, 1.165) is 35.5 Å². The minimum atomic E-state index is 0.250. The molecule has 4 heteroatoms. The van der Waals surface area contributed by atoms with Crippen LogP contribution in [0.4, 0.5) is 0 Å². The number of carbonyl (C=O) groups is 1. The summed E-state index contributed by atoms with van der Waals surface area (Å²) in [5.74, 6) is 1.89. The molecule has 2 fully saturated rings. The van der Waals surface area contributed by atoms with E-state index in [-0.39, 0.29) is 5.91 Å². The molecular formula is C17H23ClN2O. The van der Waals surface area contributed by atoms with Crippen molar-refractivity contribution in [2.24, 2.45) is 11.8 Å². The average molecular weight is 307 g/mol. The van der Waals surface area contributed by atoms with Crippen LogP contribution in [-0.2, 0) is 11.2 Å². The molecule has 1 aromatic carbocycles. The van der Waals surface area contributed by atoms with E-state index in [1.165, 1.54) is 32.4 Å². The largest absolute Gasteiger partial charge is 0.342 e. The number of hydrogen-bond donors (Lipinski definition) is 1. The molecule has 1 atom stereocenters. The van der Waals surface area contributed by atoms with Crippen LogP contribution in [-0.4, -0.2) is 37.0 Å². The summed E-state index contributed by atoms with van der Waals surface area (Å²) in [6, 6.07) is 7.58. The number of carbonyl (C=O) groups excluding carboxylic acids is 1. The van der Waals surface area contributed by atoms with Gasteiger partial charge in [-0.05, 0) is 61.9 Å². The Bertz CT molecular complexity index is 474. The highest BCUT2D eigenvalue weighted by atomic mass is 35.5. The number of hydrogen-bond acceptors (Lipinski definition) is 2. The lowest BCUT2D eigenvalue weighted by atomic mass is 9.83. The second-order valence-corrected chi connectivity index (χ2v) is 6.71. The summed E-state index contributed by atoms with van der Waals surface area (Å²) >= 11 is 5.87. The van der Waals surface area contributed by atoms with Gasteiger partial charge in [0.1, 0.15) is 0 Å². The summed E-state index contributed by atoms with van der Waals surface area (Å²) in [6.45, 7) is 4.19.